The van der Waals surface area contributed by atoms with E-state index in [4.69, 9.17) is 0 Å². The molecule has 4 heterocycles. The van der Waals surface area contributed by atoms with E-state index in [0.29, 0.717) is 0 Å². The Morgan fingerprint density at radius 1 is 0.939 bits per heavy atom. The summed E-state index contributed by atoms with van der Waals surface area (Å²) in [6.45, 7) is 12.7. The number of rotatable bonds is 5. The number of carbonyl (C=O) groups is 1. The maximum Gasteiger partial charge on any atom is 0.264 e. The second-order valence-corrected chi connectivity index (χ2v) is 9.88. The quantitative estimate of drug-likeness (QED) is 0.576. The van der Waals surface area contributed by atoms with Crippen LogP contribution in [-0.2, 0) is 0 Å². The van der Waals surface area contributed by atoms with E-state index in [0.717, 1.165) is 85.4 Å². The maximum absolute atomic E-state index is 13.5. The van der Waals surface area contributed by atoms with Crippen molar-refractivity contribution in [3.05, 3.63) is 47.1 Å². The van der Waals surface area contributed by atoms with Crippen molar-refractivity contribution in [1.82, 2.24) is 19.8 Å². The molecule has 0 unspecified atom stereocenters. The number of hydrogen-bond donors (Lipinski definition) is 0. The van der Waals surface area contributed by atoms with E-state index in [1.165, 1.54) is 23.4 Å². The van der Waals surface area contributed by atoms with E-state index in [2.05, 4.69) is 62.8 Å². The second kappa shape index (κ2) is 9.65. The maximum atomic E-state index is 13.5. The minimum absolute atomic E-state index is 0.127. The molecule has 1 aromatic carbocycles. The predicted octanol–water partition coefficient (Wildman–Crippen LogP) is 3.49. The SMILES string of the molecule is CCCN1CCN(c2ncnc3sc(C(=O)N4CCN(c5ccccc5)CC4)c(C)c23)CC1. The van der Waals surface area contributed by atoms with Gasteiger partial charge in [0.25, 0.3) is 5.91 Å². The molecule has 0 spiro atoms. The Balaban J connectivity index is 1.33. The van der Waals surface area contributed by atoms with Gasteiger partial charge >= 0.3 is 0 Å². The Morgan fingerprint density at radius 2 is 1.64 bits per heavy atom. The van der Waals surface area contributed by atoms with Gasteiger partial charge in [0, 0.05) is 58.0 Å². The topological polar surface area (TPSA) is 55.8 Å². The highest BCUT2D eigenvalue weighted by Gasteiger charge is 2.28. The second-order valence-electron chi connectivity index (χ2n) is 8.88. The lowest BCUT2D eigenvalue weighted by atomic mass is 10.1. The number of hydrogen-bond acceptors (Lipinski definition) is 7. The van der Waals surface area contributed by atoms with Crippen LogP contribution in [-0.4, -0.2) is 84.6 Å². The zero-order valence-electron chi connectivity index (χ0n) is 19.5. The molecule has 0 bridgehead atoms. The Morgan fingerprint density at radius 3 is 2.33 bits per heavy atom. The standard InChI is InChI=1S/C25H32N6OS/c1-3-9-28-10-12-30(13-11-28)23-21-19(2)22(33-24(21)27-18-26-23)25(32)31-16-14-29(15-17-31)20-7-5-4-6-8-20/h4-8,18H,3,9-17H2,1-2H3. The molecule has 2 saturated heterocycles. The lowest BCUT2D eigenvalue weighted by Crippen LogP contribution is -2.48. The van der Waals surface area contributed by atoms with Gasteiger partial charge in [-0.05, 0) is 37.6 Å². The molecule has 2 fully saturated rings. The Bertz CT molecular complexity index is 1100. The first-order valence-corrected chi connectivity index (χ1v) is 12.8. The van der Waals surface area contributed by atoms with Crippen LogP contribution in [0.3, 0.4) is 0 Å². The summed E-state index contributed by atoms with van der Waals surface area (Å²) in [6, 6.07) is 10.4. The summed E-state index contributed by atoms with van der Waals surface area (Å²) in [5, 5.41) is 1.05. The zero-order chi connectivity index (χ0) is 22.8. The Hall–Kier alpha value is -2.71. The van der Waals surface area contributed by atoms with Crippen molar-refractivity contribution in [2.75, 3.05) is 68.7 Å². The molecule has 0 saturated carbocycles. The molecule has 2 aliphatic heterocycles. The normalized spacial score (nSPS) is 17.7. The van der Waals surface area contributed by atoms with Crippen molar-refractivity contribution in [2.45, 2.75) is 20.3 Å². The third-order valence-corrected chi connectivity index (χ3v) is 7.99. The highest BCUT2D eigenvalue weighted by atomic mass is 32.1. The molecule has 8 heteroatoms. The number of fused-ring (bicyclic) bond motifs is 1. The average Bonchev–Trinajstić information content (AvgIpc) is 3.21. The molecule has 0 radical (unpaired) electrons. The van der Waals surface area contributed by atoms with Crippen molar-refractivity contribution in [1.29, 1.82) is 0 Å². The molecule has 0 atom stereocenters. The molecule has 1 amide bonds. The van der Waals surface area contributed by atoms with Crippen LogP contribution < -0.4 is 9.80 Å². The van der Waals surface area contributed by atoms with Gasteiger partial charge in [-0.2, -0.15) is 0 Å². The lowest BCUT2D eigenvalue weighted by Gasteiger charge is -2.36. The first kappa shape index (κ1) is 22.1. The third kappa shape index (κ3) is 4.42. The Kier molecular flexibility index (Phi) is 6.46. The molecule has 174 valence electrons. The minimum atomic E-state index is 0.127. The van der Waals surface area contributed by atoms with Crippen molar-refractivity contribution in [3.8, 4) is 0 Å². The predicted molar refractivity (Wildman–Crippen MR) is 136 cm³/mol. The molecule has 7 nitrogen and oxygen atoms in total. The molecule has 0 N–H and O–H groups in total. The summed E-state index contributed by atoms with van der Waals surface area (Å²) < 4.78 is 0. The summed E-state index contributed by atoms with van der Waals surface area (Å²) in [5.41, 5.74) is 2.25. The summed E-state index contributed by atoms with van der Waals surface area (Å²) in [4.78, 5) is 33.6. The summed E-state index contributed by atoms with van der Waals surface area (Å²) >= 11 is 1.52. The van der Waals surface area contributed by atoms with Gasteiger partial charge in [-0.3, -0.25) is 9.69 Å². The van der Waals surface area contributed by atoms with Gasteiger partial charge in [-0.1, -0.05) is 25.1 Å². The van der Waals surface area contributed by atoms with Crippen LogP contribution in [0.2, 0.25) is 0 Å². The van der Waals surface area contributed by atoms with E-state index in [1.54, 1.807) is 6.33 Å². The van der Waals surface area contributed by atoms with E-state index in [9.17, 15) is 4.79 Å². The lowest BCUT2D eigenvalue weighted by molar-refractivity contribution is 0.0751. The molecule has 2 aliphatic rings. The van der Waals surface area contributed by atoms with Crippen LogP contribution in [0.15, 0.2) is 36.7 Å². The highest BCUT2D eigenvalue weighted by Crippen LogP contribution is 2.36. The van der Waals surface area contributed by atoms with Crippen molar-refractivity contribution in [3.63, 3.8) is 0 Å². The van der Waals surface area contributed by atoms with E-state index >= 15 is 0 Å². The van der Waals surface area contributed by atoms with Gasteiger partial charge in [0.05, 0.1) is 10.3 Å². The van der Waals surface area contributed by atoms with Gasteiger partial charge in [0.2, 0.25) is 0 Å². The first-order chi connectivity index (χ1) is 16.2. The molecular weight excluding hydrogens is 432 g/mol. The number of nitrogens with zero attached hydrogens (tertiary/aromatic N) is 6. The minimum Gasteiger partial charge on any atom is -0.368 e. The van der Waals surface area contributed by atoms with Gasteiger partial charge < -0.3 is 14.7 Å². The average molecular weight is 465 g/mol. The van der Waals surface area contributed by atoms with Crippen LogP contribution >= 0.6 is 11.3 Å². The van der Waals surface area contributed by atoms with E-state index in [-0.39, 0.29) is 5.91 Å². The number of thiophene rings is 1. The number of para-hydroxylation sites is 1. The summed E-state index contributed by atoms with van der Waals surface area (Å²) in [6.07, 6.45) is 2.84. The van der Waals surface area contributed by atoms with Crippen molar-refractivity contribution < 1.29 is 4.79 Å². The molecule has 5 rings (SSSR count). The number of aromatic nitrogens is 2. The van der Waals surface area contributed by atoms with Crippen LogP contribution in [0.5, 0.6) is 0 Å². The fourth-order valence-corrected chi connectivity index (χ4v) is 6.06. The Labute approximate surface area is 199 Å². The summed E-state index contributed by atoms with van der Waals surface area (Å²) in [5.74, 6) is 1.11. The van der Waals surface area contributed by atoms with Crippen LogP contribution in [0.1, 0.15) is 28.6 Å². The number of amides is 1. The monoisotopic (exact) mass is 464 g/mol. The van der Waals surface area contributed by atoms with E-state index in [1.807, 2.05) is 11.0 Å². The molecule has 0 aliphatic carbocycles. The smallest absolute Gasteiger partial charge is 0.264 e. The van der Waals surface area contributed by atoms with Crippen LogP contribution in [0.25, 0.3) is 10.2 Å². The number of carbonyl (C=O) groups excluding carboxylic acids is 1. The molecular formula is C25H32N6OS. The molecule has 2 aromatic heterocycles. The van der Waals surface area contributed by atoms with Crippen LogP contribution in [0.4, 0.5) is 11.5 Å². The highest BCUT2D eigenvalue weighted by molar-refractivity contribution is 7.20. The molecule has 33 heavy (non-hydrogen) atoms. The zero-order valence-corrected chi connectivity index (χ0v) is 20.4. The number of aryl methyl sites for hydroxylation is 1. The van der Waals surface area contributed by atoms with Gasteiger partial charge in [0.15, 0.2) is 0 Å². The van der Waals surface area contributed by atoms with Crippen molar-refractivity contribution >= 4 is 39.0 Å². The van der Waals surface area contributed by atoms with Gasteiger partial charge in [0.1, 0.15) is 17.0 Å². The third-order valence-electron chi connectivity index (χ3n) is 6.80. The van der Waals surface area contributed by atoms with Gasteiger partial charge in [-0.15, -0.1) is 11.3 Å². The number of benzene rings is 1. The van der Waals surface area contributed by atoms with Crippen LogP contribution in [0, 0.1) is 6.92 Å². The summed E-state index contributed by atoms with van der Waals surface area (Å²) in [7, 11) is 0. The van der Waals surface area contributed by atoms with E-state index < -0.39 is 0 Å². The number of piperazine rings is 2. The largest absolute Gasteiger partial charge is 0.368 e. The fraction of sp³-hybridized carbons (Fsp3) is 0.480. The fourth-order valence-electron chi connectivity index (χ4n) is 4.95. The van der Waals surface area contributed by atoms with Crippen molar-refractivity contribution in [2.24, 2.45) is 0 Å². The molecule has 3 aromatic rings. The van der Waals surface area contributed by atoms with Gasteiger partial charge in [-0.25, -0.2) is 9.97 Å². The first-order valence-electron chi connectivity index (χ1n) is 12.0. The number of anilines is 2.